The first-order valence-corrected chi connectivity index (χ1v) is 11.0. The van der Waals surface area contributed by atoms with Crippen LogP contribution in [-0.4, -0.2) is 39.9 Å². The number of nitrogens with zero attached hydrogens (tertiary/aromatic N) is 4. The molecule has 3 rings (SSSR count). The predicted molar refractivity (Wildman–Crippen MR) is 120 cm³/mol. The molecule has 34 heavy (non-hydrogen) atoms. The van der Waals surface area contributed by atoms with Gasteiger partial charge in [-0.1, -0.05) is 0 Å². The summed E-state index contributed by atoms with van der Waals surface area (Å²) in [6.45, 7) is 0.513. The van der Waals surface area contributed by atoms with E-state index in [-0.39, 0.29) is 24.4 Å². The number of anilines is 2. The number of aliphatic hydroxyl groups is 1. The van der Waals surface area contributed by atoms with Crippen molar-refractivity contribution in [3.8, 4) is 16.5 Å². The number of thiazole rings is 1. The number of halogens is 3. The molecule has 2 aromatic heterocycles. The van der Waals surface area contributed by atoms with Crippen LogP contribution in [0.15, 0.2) is 36.7 Å². The zero-order valence-corrected chi connectivity index (χ0v) is 18.9. The highest BCUT2D eigenvalue weighted by Gasteiger charge is 2.33. The largest absolute Gasteiger partial charge is 0.433 e. The minimum Gasteiger partial charge on any atom is -0.383 e. The van der Waals surface area contributed by atoms with Crippen molar-refractivity contribution < 1.29 is 23.1 Å². The summed E-state index contributed by atoms with van der Waals surface area (Å²) >= 11 is 1.21. The minimum atomic E-state index is -4.62. The molecule has 0 radical (unpaired) electrons. The first kappa shape index (κ1) is 25.2. The molecule has 1 unspecified atom stereocenters. The molecule has 0 fully saturated rings. The Morgan fingerprint density at radius 2 is 2.03 bits per heavy atom. The van der Waals surface area contributed by atoms with Gasteiger partial charge >= 0.3 is 6.18 Å². The maximum Gasteiger partial charge on any atom is 0.433 e. The quantitative estimate of drug-likeness (QED) is 0.364. The van der Waals surface area contributed by atoms with Crippen molar-refractivity contribution in [1.29, 1.82) is 5.26 Å². The smallest absolute Gasteiger partial charge is 0.383 e. The van der Waals surface area contributed by atoms with Crippen molar-refractivity contribution in [3.63, 3.8) is 0 Å². The molecular weight excluding hydrogens is 469 g/mol. The average Bonchev–Trinajstić information content (AvgIpc) is 3.32. The summed E-state index contributed by atoms with van der Waals surface area (Å²) in [6.07, 6.45) is -0.606. The third-order valence-corrected chi connectivity index (χ3v) is 6.16. The van der Waals surface area contributed by atoms with E-state index in [4.69, 9.17) is 0 Å². The van der Waals surface area contributed by atoms with E-state index in [0.717, 1.165) is 18.5 Å². The van der Waals surface area contributed by atoms with E-state index in [1.54, 1.807) is 25.4 Å². The third kappa shape index (κ3) is 6.13. The summed E-state index contributed by atoms with van der Waals surface area (Å²) in [7, 11) is 1.75. The molecule has 8 nitrogen and oxygen atoms in total. The summed E-state index contributed by atoms with van der Waals surface area (Å²) in [4.78, 5) is 23.1. The summed E-state index contributed by atoms with van der Waals surface area (Å²) in [5.74, 6) is -0.267. The van der Waals surface area contributed by atoms with E-state index in [1.807, 2.05) is 6.07 Å². The highest BCUT2D eigenvalue weighted by molar-refractivity contribution is 7.15. The van der Waals surface area contributed by atoms with E-state index in [1.165, 1.54) is 17.4 Å². The third-order valence-electron chi connectivity index (χ3n) is 4.92. The van der Waals surface area contributed by atoms with Gasteiger partial charge in [-0.15, -0.1) is 11.3 Å². The van der Waals surface area contributed by atoms with Gasteiger partial charge in [-0.25, -0.2) is 15.0 Å². The molecule has 1 aromatic carbocycles. The molecule has 0 saturated heterocycles. The van der Waals surface area contributed by atoms with Crippen molar-refractivity contribution in [3.05, 3.63) is 52.9 Å². The topological polar surface area (TPSA) is 124 Å². The number of alkyl halides is 3. The molecule has 0 bridgehead atoms. The molecule has 3 N–H and O–H groups in total. The normalized spacial score (nSPS) is 13.2. The molecule has 0 spiro atoms. The van der Waals surface area contributed by atoms with Crippen LogP contribution in [0.1, 0.15) is 35.5 Å². The van der Waals surface area contributed by atoms with Gasteiger partial charge in [0, 0.05) is 24.5 Å². The Bertz CT molecular complexity index is 1190. The fraction of sp³-hybridized carbons (Fsp3) is 0.318. The number of rotatable bonds is 10. The van der Waals surface area contributed by atoms with Crippen LogP contribution in [0.2, 0.25) is 0 Å². The molecule has 0 aliphatic heterocycles. The average molecular weight is 491 g/mol. The summed E-state index contributed by atoms with van der Waals surface area (Å²) in [5, 5.41) is 26.7. The maximum atomic E-state index is 13.0. The Hall–Kier alpha value is -3.40. The molecule has 1 atom stereocenters. The highest BCUT2D eigenvalue weighted by atomic mass is 32.1. The second-order valence-corrected chi connectivity index (χ2v) is 8.45. The molecule has 12 heteroatoms. The van der Waals surface area contributed by atoms with Gasteiger partial charge in [0.05, 0.1) is 16.5 Å². The van der Waals surface area contributed by atoms with E-state index >= 15 is 0 Å². The molecule has 0 aliphatic rings. The Morgan fingerprint density at radius 1 is 1.24 bits per heavy atom. The summed E-state index contributed by atoms with van der Waals surface area (Å²) < 4.78 is 38.9. The van der Waals surface area contributed by atoms with Gasteiger partial charge in [0.1, 0.15) is 22.6 Å². The molecular formula is C22H21F3N6O2S. The zero-order chi connectivity index (χ0) is 24.8. The number of hydrogen-bond acceptors (Lipinski definition) is 9. The van der Waals surface area contributed by atoms with Crippen LogP contribution in [0.3, 0.4) is 0 Å². The van der Waals surface area contributed by atoms with E-state index in [0.29, 0.717) is 34.1 Å². The van der Waals surface area contributed by atoms with E-state index < -0.39 is 17.5 Å². The summed E-state index contributed by atoms with van der Waals surface area (Å²) in [6, 6.07) is 7.47. The predicted octanol–water partition coefficient (Wildman–Crippen LogP) is 4.01. The van der Waals surface area contributed by atoms with Gasteiger partial charge in [-0.3, -0.25) is 0 Å². The molecule has 0 aliphatic carbocycles. The Morgan fingerprint density at radius 3 is 2.71 bits per heavy atom. The molecule has 178 valence electrons. The lowest BCUT2D eigenvalue weighted by atomic mass is 9.94. The van der Waals surface area contributed by atoms with E-state index in [9.17, 15) is 28.3 Å². The minimum absolute atomic E-state index is 0.171. The van der Waals surface area contributed by atoms with Crippen molar-refractivity contribution in [2.75, 3.05) is 18.9 Å². The number of hydrogen-bond donors (Lipinski definition) is 3. The zero-order valence-electron chi connectivity index (χ0n) is 18.1. The molecule has 0 saturated carbocycles. The maximum absolute atomic E-state index is 13.0. The number of aldehydes is 1. The first-order valence-electron chi connectivity index (χ1n) is 10.2. The number of carbonyl (C=O) groups excluding carboxylic acids is 1. The fourth-order valence-corrected chi connectivity index (χ4v) is 4.25. The van der Waals surface area contributed by atoms with Gasteiger partial charge in [0.15, 0.2) is 0 Å². The van der Waals surface area contributed by atoms with Crippen molar-refractivity contribution in [2.45, 2.75) is 31.0 Å². The summed E-state index contributed by atoms with van der Waals surface area (Å²) in [5.41, 5.74) is -1.25. The van der Waals surface area contributed by atoms with Crippen LogP contribution in [0.25, 0.3) is 10.4 Å². The second kappa shape index (κ2) is 10.7. The van der Waals surface area contributed by atoms with Crippen molar-refractivity contribution in [1.82, 2.24) is 20.3 Å². The van der Waals surface area contributed by atoms with Gasteiger partial charge < -0.3 is 20.5 Å². The van der Waals surface area contributed by atoms with Gasteiger partial charge in [0.25, 0.3) is 0 Å². The number of benzene rings is 1. The lowest BCUT2D eigenvalue weighted by molar-refractivity contribution is -0.141. The molecule has 2 heterocycles. The van der Waals surface area contributed by atoms with Crippen LogP contribution >= 0.6 is 11.3 Å². The Kier molecular flexibility index (Phi) is 7.93. The Balaban J connectivity index is 1.93. The second-order valence-electron chi connectivity index (χ2n) is 7.42. The van der Waals surface area contributed by atoms with Crippen LogP contribution in [0.4, 0.5) is 24.8 Å². The fourth-order valence-electron chi connectivity index (χ4n) is 3.20. The van der Waals surface area contributed by atoms with Crippen LogP contribution in [-0.2, 0) is 16.6 Å². The van der Waals surface area contributed by atoms with Crippen LogP contribution in [0, 0.1) is 11.3 Å². The molecule has 0 amide bonds. The van der Waals surface area contributed by atoms with Gasteiger partial charge in [-0.2, -0.15) is 18.4 Å². The van der Waals surface area contributed by atoms with Crippen molar-refractivity contribution >= 4 is 29.3 Å². The first-order chi connectivity index (χ1) is 16.2. The lowest BCUT2D eigenvalue weighted by Crippen LogP contribution is -2.30. The monoisotopic (exact) mass is 490 g/mol. The standard InChI is InChI=1S/C22H21F3N6O2S/c1-27-7-5-21(33,4-2-8-32)19-29-13-17(34-19)15-9-14(12-26)10-16(11-15)30-20-28-6-3-18(31-20)22(23,24)25/h3,6,8-11,13,27,33H,2,4-5,7H2,1H3,(H,28,30,31). The number of nitrogens with one attached hydrogen (secondary N) is 2. The SMILES string of the molecule is CNCCC(O)(CCC=O)c1ncc(-c2cc(C#N)cc(Nc3nccc(C(F)(F)F)n3)c2)s1. The van der Waals surface area contributed by atoms with E-state index in [2.05, 4.69) is 25.6 Å². The lowest BCUT2D eigenvalue weighted by Gasteiger charge is -2.25. The van der Waals surface area contributed by atoms with Gasteiger partial charge in [-0.05, 0) is 56.3 Å². The van der Waals surface area contributed by atoms with Crippen molar-refractivity contribution in [2.24, 2.45) is 0 Å². The number of aromatic nitrogens is 3. The van der Waals surface area contributed by atoms with Crippen LogP contribution < -0.4 is 10.6 Å². The molecule has 3 aromatic rings. The van der Waals surface area contributed by atoms with Gasteiger partial charge in [0.2, 0.25) is 5.95 Å². The number of carbonyl (C=O) groups is 1. The highest BCUT2D eigenvalue weighted by Crippen LogP contribution is 2.37. The Labute approximate surface area is 197 Å². The van der Waals surface area contributed by atoms with Crippen LogP contribution in [0.5, 0.6) is 0 Å². The number of nitriles is 1.